The molecule has 0 fully saturated rings. The summed E-state index contributed by atoms with van der Waals surface area (Å²) in [6.45, 7) is 9.52. The molecular weight excluding hydrogens is 188 g/mol. The van der Waals surface area contributed by atoms with E-state index in [2.05, 4.69) is 13.8 Å². The molecule has 0 saturated carbocycles. The van der Waals surface area contributed by atoms with Crippen LogP contribution >= 0.6 is 0 Å². The van der Waals surface area contributed by atoms with Crippen LogP contribution < -0.4 is 5.73 Å². The monoisotopic (exact) mass is 214 g/mol. The minimum absolute atomic E-state index is 0.174. The van der Waals surface area contributed by atoms with Gasteiger partial charge in [-0.15, -0.1) is 0 Å². The summed E-state index contributed by atoms with van der Waals surface area (Å²) in [6, 6.07) is 0. The van der Waals surface area contributed by atoms with E-state index in [9.17, 15) is 4.79 Å². The fourth-order valence-electron chi connectivity index (χ4n) is 1.52. The third kappa shape index (κ3) is 3.82. The summed E-state index contributed by atoms with van der Waals surface area (Å²) in [7, 11) is 1.87. The van der Waals surface area contributed by atoms with Crippen molar-refractivity contribution in [2.24, 2.45) is 17.1 Å². The second-order valence-electron chi connectivity index (χ2n) is 4.82. The molecule has 2 unspecified atom stereocenters. The smallest absolute Gasteiger partial charge is 0.229 e. The summed E-state index contributed by atoms with van der Waals surface area (Å²) in [5.41, 5.74) is 5.29. The number of nitrogens with zero attached hydrogens (tertiary/aromatic N) is 1. The van der Waals surface area contributed by atoms with Gasteiger partial charge in [0.2, 0.25) is 5.91 Å². The van der Waals surface area contributed by atoms with Gasteiger partial charge < -0.3 is 10.6 Å². The Morgan fingerprint density at radius 2 is 2.00 bits per heavy atom. The van der Waals surface area contributed by atoms with Gasteiger partial charge in [-0.25, -0.2) is 0 Å². The Hall–Kier alpha value is -0.570. The van der Waals surface area contributed by atoms with Crippen molar-refractivity contribution in [3.05, 3.63) is 0 Å². The molecule has 2 N–H and O–H groups in total. The first kappa shape index (κ1) is 14.4. The number of hydrogen-bond acceptors (Lipinski definition) is 2. The molecule has 0 saturated heterocycles. The van der Waals surface area contributed by atoms with Crippen molar-refractivity contribution < 1.29 is 4.79 Å². The Kier molecular flexibility index (Phi) is 5.88. The molecule has 90 valence electrons. The van der Waals surface area contributed by atoms with Crippen molar-refractivity contribution in [1.29, 1.82) is 0 Å². The minimum atomic E-state index is -0.387. The molecule has 0 bridgehead atoms. The van der Waals surface area contributed by atoms with Crippen LogP contribution in [0.3, 0.4) is 0 Å². The van der Waals surface area contributed by atoms with Gasteiger partial charge in [0.25, 0.3) is 0 Å². The van der Waals surface area contributed by atoms with Crippen molar-refractivity contribution in [3.8, 4) is 0 Å². The zero-order valence-electron chi connectivity index (χ0n) is 10.8. The summed E-state index contributed by atoms with van der Waals surface area (Å²) in [4.78, 5) is 13.9. The highest BCUT2D eigenvalue weighted by atomic mass is 16.2. The first-order valence-electron chi connectivity index (χ1n) is 5.86. The molecule has 3 heteroatoms. The molecule has 0 heterocycles. The predicted octanol–water partition coefficient (Wildman–Crippen LogP) is 1.87. The van der Waals surface area contributed by atoms with Gasteiger partial charge in [0.05, 0.1) is 5.41 Å². The molecule has 0 aliphatic rings. The van der Waals surface area contributed by atoms with E-state index >= 15 is 0 Å². The molecule has 0 spiro atoms. The quantitative estimate of drug-likeness (QED) is 0.733. The first-order chi connectivity index (χ1) is 6.91. The summed E-state index contributed by atoms with van der Waals surface area (Å²) in [5, 5.41) is 0. The Balaban J connectivity index is 4.42. The van der Waals surface area contributed by atoms with Gasteiger partial charge in [-0.2, -0.15) is 0 Å². The lowest BCUT2D eigenvalue weighted by Gasteiger charge is -2.31. The van der Waals surface area contributed by atoms with Crippen LogP contribution in [-0.4, -0.2) is 30.9 Å². The van der Waals surface area contributed by atoms with E-state index in [1.165, 1.54) is 0 Å². The van der Waals surface area contributed by atoms with E-state index in [1.54, 1.807) is 0 Å². The van der Waals surface area contributed by atoms with E-state index in [0.717, 1.165) is 19.4 Å². The fourth-order valence-corrected chi connectivity index (χ4v) is 1.52. The van der Waals surface area contributed by atoms with Gasteiger partial charge in [0.1, 0.15) is 0 Å². The van der Waals surface area contributed by atoms with E-state index in [-0.39, 0.29) is 11.3 Å². The van der Waals surface area contributed by atoms with E-state index < -0.39 is 0 Å². The molecule has 0 rings (SSSR count). The van der Waals surface area contributed by atoms with Crippen molar-refractivity contribution in [1.82, 2.24) is 4.90 Å². The fraction of sp³-hybridized carbons (Fsp3) is 0.917. The van der Waals surface area contributed by atoms with Gasteiger partial charge in [0, 0.05) is 20.1 Å². The van der Waals surface area contributed by atoms with Crippen molar-refractivity contribution in [3.63, 3.8) is 0 Å². The Morgan fingerprint density at radius 3 is 2.33 bits per heavy atom. The van der Waals surface area contributed by atoms with Crippen molar-refractivity contribution in [2.75, 3.05) is 20.1 Å². The molecule has 2 atom stereocenters. The van der Waals surface area contributed by atoms with Gasteiger partial charge in [-0.3, -0.25) is 4.79 Å². The van der Waals surface area contributed by atoms with Gasteiger partial charge in [-0.1, -0.05) is 27.2 Å². The highest BCUT2D eigenvalue weighted by molar-refractivity contribution is 5.82. The molecule has 15 heavy (non-hydrogen) atoms. The van der Waals surface area contributed by atoms with Crippen molar-refractivity contribution in [2.45, 2.75) is 40.5 Å². The Morgan fingerprint density at radius 1 is 1.47 bits per heavy atom. The molecule has 0 aliphatic heterocycles. The molecule has 3 nitrogen and oxygen atoms in total. The predicted molar refractivity (Wildman–Crippen MR) is 64.5 cm³/mol. The SMILES string of the molecule is CCC(C)CN(C)C(=O)C(C)(CC)CN. The molecular formula is C12H26N2O. The summed E-state index contributed by atoms with van der Waals surface area (Å²) >= 11 is 0. The van der Waals surface area contributed by atoms with Crippen LogP contribution in [0.4, 0.5) is 0 Å². The standard InChI is InChI=1S/C12H26N2O/c1-6-10(3)8-14(5)11(15)12(4,7-2)9-13/h10H,6-9,13H2,1-5H3. The molecule has 0 aliphatic carbocycles. The number of amides is 1. The Bertz CT molecular complexity index is 200. The van der Waals surface area contributed by atoms with Crippen LogP contribution in [-0.2, 0) is 4.79 Å². The van der Waals surface area contributed by atoms with E-state index in [0.29, 0.717) is 12.5 Å². The number of hydrogen-bond donors (Lipinski definition) is 1. The van der Waals surface area contributed by atoms with Crippen LogP contribution in [0.5, 0.6) is 0 Å². The maximum atomic E-state index is 12.1. The number of nitrogens with two attached hydrogens (primary N) is 1. The van der Waals surface area contributed by atoms with E-state index in [1.807, 2.05) is 25.8 Å². The second-order valence-corrected chi connectivity index (χ2v) is 4.82. The zero-order valence-corrected chi connectivity index (χ0v) is 10.8. The number of carbonyl (C=O) groups is 1. The molecule has 0 radical (unpaired) electrons. The number of carbonyl (C=O) groups excluding carboxylic acids is 1. The van der Waals surface area contributed by atoms with Gasteiger partial charge >= 0.3 is 0 Å². The number of rotatable bonds is 6. The van der Waals surface area contributed by atoms with Crippen molar-refractivity contribution >= 4 is 5.91 Å². The average molecular weight is 214 g/mol. The highest BCUT2D eigenvalue weighted by Crippen LogP contribution is 2.22. The summed E-state index contributed by atoms with van der Waals surface area (Å²) in [5.74, 6) is 0.727. The summed E-state index contributed by atoms with van der Waals surface area (Å²) < 4.78 is 0. The third-order valence-electron chi connectivity index (χ3n) is 3.38. The van der Waals surface area contributed by atoms with Crippen LogP contribution in [0.2, 0.25) is 0 Å². The van der Waals surface area contributed by atoms with Crippen LogP contribution in [0.25, 0.3) is 0 Å². The zero-order chi connectivity index (χ0) is 12.1. The van der Waals surface area contributed by atoms with Gasteiger partial charge in [0.15, 0.2) is 0 Å². The summed E-state index contributed by atoms with van der Waals surface area (Å²) in [6.07, 6.45) is 1.90. The lowest BCUT2D eigenvalue weighted by atomic mass is 9.86. The lowest BCUT2D eigenvalue weighted by molar-refractivity contribution is -0.140. The largest absolute Gasteiger partial charge is 0.345 e. The van der Waals surface area contributed by atoms with Crippen LogP contribution in [0, 0.1) is 11.3 Å². The topological polar surface area (TPSA) is 46.3 Å². The molecule has 1 amide bonds. The van der Waals surface area contributed by atoms with Gasteiger partial charge in [-0.05, 0) is 19.3 Å². The maximum Gasteiger partial charge on any atom is 0.229 e. The molecule has 0 aromatic heterocycles. The minimum Gasteiger partial charge on any atom is -0.345 e. The Labute approximate surface area is 94.0 Å². The second kappa shape index (κ2) is 6.11. The van der Waals surface area contributed by atoms with Crippen LogP contribution in [0.1, 0.15) is 40.5 Å². The molecule has 0 aromatic carbocycles. The third-order valence-corrected chi connectivity index (χ3v) is 3.38. The van der Waals surface area contributed by atoms with Crippen LogP contribution in [0.15, 0.2) is 0 Å². The lowest BCUT2D eigenvalue weighted by Crippen LogP contribution is -2.45. The van der Waals surface area contributed by atoms with E-state index in [4.69, 9.17) is 5.73 Å². The normalized spacial score (nSPS) is 16.9. The molecule has 0 aromatic rings. The maximum absolute atomic E-state index is 12.1. The first-order valence-corrected chi connectivity index (χ1v) is 5.86. The highest BCUT2D eigenvalue weighted by Gasteiger charge is 2.32. The average Bonchev–Trinajstić information content (AvgIpc) is 2.26.